The summed E-state index contributed by atoms with van der Waals surface area (Å²) in [5.41, 5.74) is 7.07. The normalized spacial score (nSPS) is 12.1. The fraction of sp³-hybridized carbons (Fsp3) is 0.243. The molecule has 0 amide bonds. The molecule has 3 heterocycles. The fourth-order valence-electron chi connectivity index (χ4n) is 5.49. The number of hydrogen-bond acceptors (Lipinski definition) is 3. The van der Waals surface area contributed by atoms with Crippen LogP contribution < -0.4 is 5.19 Å². The third-order valence-corrected chi connectivity index (χ3v) is 9.64. The second kappa shape index (κ2) is 13.7. The summed E-state index contributed by atoms with van der Waals surface area (Å²) in [7, 11) is -1.56. The van der Waals surface area contributed by atoms with Crippen molar-refractivity contribution in [2.24, 2.45) is 5.92 Å². The summed E-state index contributed by atoms with van der Waals surface area (Å²) < 4.78 is 6.36. The van der Waals surface area contributed by atoms with Crippen LogP contribution in [0.25, 0.3) is 44.5 Å². The summed E-state index contributed by atoms with van der Waals surface area (Å²) in [6.45, 7) is 13.9. The fourth-order valence-corrected chi connectivity index (χ4v) is 7.00. The van der Waals surface area contributed by atoms with Crippen molar-refractivity contribution in [3.63, 3.8) is 0 Å². The van der Waals surface area contributed by atoms with Crippen molar-refractivity contribution in [3.8, 4) is 22.5 Å². The Kier molecular flexibility index (Phi) is 10.3. The first-order chi connectivity index (χ1) is 19.8. The van der Waals surface area contributed by atoms with Gasteiger partial charge in [-0.3, -0.25) is 0 Å². The van der Waals surface area contributed by atoms with Gasteiger partial charge in [-0.05, 0) is 47.3 Å². The Bertz CT molecular complexity index is 1690. The average Bonchev–Trinajstić information content (AvgIpc) is 3.38. The van der Waals surface area contributed by atoms with Crippen molar-refractivity contribution in [2.45, 2.75) is 52.8 Å². The second-order valence-corrected chi connectivity index (χ2v) is 16.9. The topological polar surface area (TPSA) is 38.9 Å². The summed E-state index contributed by atoms with van der Waals surface area (Å²) in [4.78, 5) is 9.05. The molecule has 0 saturated carbocycles. The molecule has 3 aromatic carbocycles. The van der Waals surface area contributed by atoms with E-state index in [2.05, 4.69) is 93.9 Å². The number of pyridine rings is 2. The molecule has 0 N–H and O–H groups in total. The van der Waals surface area contributed by atoms with Gasteiger partial charge in [-0.1, -0.05) is 93.8 Å². The first-order valence-corrected chi connectivity index (χ1v) is 18.0. The van der Waals surface area contributed by atoms with E-state index in [1.807, 2.05) is 54.7 Å². The van der Waals surface area contributed by atoms with E-state index in [1.165, 1.54) is 21.5 Å². The van der Waals surface area contributed by atoms with Crippen LogP contribution >= 0.6 is 0 Å². The zero-order valence-electron chi connectivity index (χ0n) is 25.2. The Morgan fingerprint density at radius 2 is 1.60 bits per heavy atom. The molecular weight excluding hydrogens is 709 g/mol. The number of aromatic nitrogens is 2. The molecule has 3 nitrogen and oxygen atoms in total. The minimum Gasteiger partial charge on any atom is -0.501 e. The zero-order valence-corrected chi connectivity index (χ0v) is 28.6. The molecule has 42 heavy (non-hydrogen) atoms. The van der Waals surface area contributed by atoms with Crippen molar-refractivity contribution in [2.75, 3.05) is 0 Å². The Hall–Kier alpha value is -3.37. The van der Waals surface area contributed by atoms with Crippen molar-refractivity contribution in [1.82, 2.24) is 9.97 Å². The summed E-state index contributed by atoms with van der Waals surface area (Å²) in [6, 6.07) is 35.2. The van der Waals surface area contributed by atoms with Gasteiger partial charge in [0.05, 0.1) is 5.58 Å². The largest absolute Gasteiger partial charge is 0.501 e. The zero-order chi connectivity index (χ0) is 29.0. The number of fused-ring (bicyclic) bond motifs is 3. The summed E-state index contributed by atoms with van der Waals surface area (Å²) >= 11 is 0. The van der Waals surface area contributed by atoms with E-state index in [0.717, 1.165) is 40.1 Å². The molecule has 0 bridgehead atoms. The minimum absolute atomic E-state index is 0. The molecule has 0 aliphatic rings. The Labute approximate surface area is 264 Å². The van der Waals surface area contributed by atoms with Crippen molar-refractivity contribution in [3.05, 3.63) is 115 Å². The maximum absolute atomic E-state index is 6.36. The van der Waals surface area contributed by atoms with Crippen molar-refractivity contribution in [1.29, 1.82) is 0 Å². The van der Waals surface area contributed by atoms with Crippen LogP contribution in [0.4, 0.5) is 0 Å². The van der Waals surface area contributed by atoms with Gasteiger partial charge >= 0.3 is 0 Å². The minimum atomic E-state index is -1.56. The molecule has 1 unspecified atom stereocenters. The van der Waals surface area contributed by atoms with Gasteiger partial charge < -0.3 is 14.4 Å². The van der Waals surface area contributed by atoms with Crippen molar-refractivity contribution >= 4 is 35.2 Å². The molecule has 6 aromatic rings. The monoisotopic (exact) mass is 747 g/mol. The Morgan fingerprint density at radius 1 is 0.833 bits per heavy atom. The Morgan fingerprint density at radius 3 is 2.21 bits per heavy atom. The third kappa shape index (κ3) is 6.81. The molecule has 1 radical (unpaired) electrons. The smallest absolute Gasteiger partial charge is 0.120 e. The van der Waals surface area contributed by atoms with Gasteiger partial charge in [0, 0.05) is 46.0 Å². The summed E-state index contributed by atoms with van der Waals surface area (Å²) in [5, 5.41) is 3.83. The molecule has 0 aliphatic carbocycles. The van der Waals surface area contributed by atoms with Crippen LogP contribution in [0.5, 0.6) is 0 Å². The van der Waals surface area contributed by atoms with Crippen LogP contribution in [-0.4, -0.2) is 18.0 Å². The maximum Gasteiger partial charge on any atom is 0.120 e. The first-order valence-electron chi connectivity index (χ1n) is 14.5. The van der Waals surface area contributed by atoms with Gasteiger partial charge in [-0.2, -0.15) is 0 Å². The number of rotatable bonds is 6. The van der Waals surface area contributed by atoms with E-state index in [0.29, 0.717) is 11.8 Å². The first kappa shape index (κ1) is 31.6. The molecular formula is C37H38IrN2OSi-2. The van der Waals surface area contributed by atoms with E-state index in [-0.39, 0.29) is 20.1 Å². The molecule has 0 saturated heterocycles. The van der Waals surface area contributed by atoms with Crippen LogP contribution in [0.15, 0.2) is 102 Å². The molecule has 0 fully saturated rings. The standard InChI is InChI=1S/C26H30NOSi.C11H8N.Ir/c1-7-19(17(2)3)18-12-14-22(27-16-18)20-13-15-24(29(4,5)6)25-21-10-8-9-11-23(21)28-26(20)25;1-2-6-10(7-3-1)11-8-4-5-9-12-11;/h8-12,14-17,19H,7H2,1-6H3;1-6,8-9H;/q2*-1;. The van der Waals surface area contributed by atoms with E-state index in [9.17, 15) is 0 Å². The van der Waals surface area contributed by atoms with E-state index in [4.69, 9.17) is 9.40 Å². The maximum atomic E-state index is 6.36. The average molecular weight is 747 g/mol. The quantitative estimate of drug-likeness (QED) is 0.126. The number of nitrogens with zero attached hydrogens (tertiary/aromatic N) is 2. The van der Waals surface area contributed by atoms with E-state index in [1.54, 1.807) is 6.20 Å². The van der Waals surface area contributed by atoms with Crippen LogP contribution in [0.2, 0.25) is 19.6 Å². The van der Waals surface area contributed by atoms with Crippen molar-refractivity contribution < 1.29 is 24.5 Å². The van der Waals surface area contributed by atoms with Crippen LogP contribution in [0, 0.1) is 18.1 Å². The van der Waals surface area contributed by atoms with Crippen LogP contribution in [0.3, 0.4) is 0 Å². The van der Waals surface area contributed by atoms with Gasteiger partial charge in [0.15, 0.2) is 0 Å². The van der Waals surface area contributed by atoms with E-state index < -0.39 is 8.07 Å². The van der Waals surface area contributed by atoms with E-state index >= 15 is 0 Å². The van der Waals surface area contributed by atoms with Gasteiger partial charge in [-0.25, -0.2) is 0 Å². The summed E-state index contributed by atoms with van der Waals surface area (Å²) in [6.07, 6.45) is 4.96. The number of furan rings is 1. The molecule has 6 rings (SSSR count). The number of hydrogen-bond donors (Lipinski definition) is 0. The number of para-hydroxylation sites is 1. The predicted octanol–water partition coefficient (Wildman–Crippen LogP) is 9.69. The third-order valence-electron chi connectivity index (χ3n) is 7.63. The molecule has 1 atom stereocenters. The summed E-state index contributed by atoms with van der Waals surface area (Å²) in [5.74, 6) is 1.15. The van der Waals surface area contributed by atoms with Gasteiger partial charge in [0.25, 0.3) is 0 Å². The molecule has 0 aliphatic heterocycles. The van der Waals surface area contributed by atoms with Gasteiger partial charge in [-0.15, -0.1) is 53.2 Å². The van der Waals surface area contributed by atoms with Gasteiger partial charge in [0.2, 0.25) is 0 Å². The second-order valence-electron chi connectivity index (χ2n) is 11.9. The van der Waals surface area contributed by atoms with Crippen LogP contribution in [-0.2, 0) is 20.1 Å². The molecule has 5 heteroatoms. The van der Waals surface area contributed by atoms with Gasteiger partial charge in [0.1, 0.15) is 5.58 Å². The molecule has 3 aromatic heterocycles. The predicted molar refractivity (Wildman–Crippen MR) is 175 cm³/mol. The number of benzene rings is 3. The van der Waals surface area contributed by atoms with Crippen LogP contribution in [0.1, 0.15) is 38.7 Å². The SMILES string of the molecule is CCC(c1ccc(-c2[c-]cc([Si](C)(C)C)c3c2oc2ccccc23)nc1)C(C)C.[Ir].[c-]1ccccc1-c1ccccn1. The molecule has 217 valence electrons. The Balaban J connectivity index is 0.000000261. The molecule has 0 spiro atoms.